The molecular formula is C19H16N4O4. The molecule has 1 amide bonds. The number of para-hydroxylation sites is 2. The SMILES string of the molecule is Cc1ccc(CNC(=O)c2nc(Cn3c(=O)oc4ccccc43)no2)cc1. The molecule has 0 aliphatic heterocycles. The molecule has 2 aromatic heterocycles. The molecule has 0 unspecified atom stereocenters. The smallest absolute Gasteiger partial charge is 0.408 e. The zero-order valence-electron chi connectivity index (χ0n) is 14.5. The van der Waals surface area contributed by atoms with Crippen molar-refractivity contribution in [2.75, 3.05) is 0 Å². The third-order valence-electron chi connectivity index (χ3n) is 4.11. The standard InChI is InChI=1S/C19H16N4O4/c1-12-6-8-13(9-7-12)10-20-17(24)18-21-16(22-27-18)11-23-14-4-2-3-5-15(14)26-19(23)25/h2-9H,10-11H2,1H3,(H,20,24). The van der Waals surface area contributed by atoms with Crippen LogP contribution in [0, 0.1) is 6.92 Å². The topological polar surface area (TPSA) is 103 Å². The Labute approximate surface area is 153 Å². The first-order valence-corrected chi connectivity index (χ1v) is 8.35. The summed E-state index contributed by atoms with van der Waals surface area (Å²) < 4.78 is 11.6. The summed E-state index contributed by atoms with van der Waals surface area (Å²) in [6.45, 7) is 2.39. The van der Waals surface area contributed by atoms with E-state index < -0.39 is 11.7 Å². The Bertz CT molecular complexity index is 1150. The Morgan fingerprint density at radius 1 is 1.15 bits per heavy atom. The van der Waals surface area contributed by atoms with Crippen molar-refractivity contribution in [3.63, 3.8) is 0 Å². The normalized spacial score (nSPS) is 11.0. The van der Waals surface area contributed by atoms with Gasteiger partial charge >= 0.3 is 17.6 Å². The average Bonchev–Trinajstić information content (AvgIpc) is 3.26. The molecule has 4 aromatic rings. The van der Waals surface area contributed by atoms with Crippen molar-refractivity contribution in [2.45, 2.75) is 20.0 Å². The summed E-state index contributed by atoms with van der Waals surface area (Å²) in [7, 11) is 0. The van der Waals surface area contributed by atoms with Crippen LogP contribution in [0.1, 0.15) is 27.6 Å². The predicted molar refractivity (Wildman–Crippen MR) is 96.2 cm³/mol. The van der Waals surface area contributed by atoms with Crippen LogP contribution in [0.5, 0.6) is 0 Å². The van der Waals surface area contributed by atoms with Crippen LogP contribution < -0.4 is 11.1 Å². The molecule has 8 nitrogen and oxygen atoms in total. The summed E-state index contributed by atoms with van der Waals surface area (Å²) in [5.74, 6) is -0.938. The van der Waals surface area contributed by atoms with Gasteiger partial charge in [-0.05, 0) is 24.6 Å². The molecule has 0 bridgehead atoms. The largest absolute Gasteiger partial charge is 0.420 e. The van der Waals surface area contributed by atoms with Gasteiger partial charge in [0.1, 0.15) is 0 Å². The molecule has 0 spiro atoms. The van der Waals surface area contributed by atoms with Crippen LogP contribution >= 0.6 is 0 Å². The van der Waals surface area contributed by atoms with Crippen molar-refractivity contribution in [3.05, 3.63) is 81.9 Å². The maximum absolute atomic E-state index is 12.2. The van der Waals surface area contributed by atoms with Gasteiger partial charge in [-0.25, -0.2) is 4.79 Å². The summed E-state index contributed by atoms with van der Waals surface area (Å²) in [5, 5.41) is 6.50. The molecule has 0 aliphatic rings. The van der Waals surface area contributed by atoms with Crippen LogP contribution in [0.15, 0.2) is 62.3 Å². The molecule has 2 heterocycles. The third kappa shape index (κ3) is 3.50. The van der Waals surface area contributed by atoms with E-state index in [0.717, 1.165) is 11.1 Å². The second-order valence-electron chi connectivity index (χ2n) is 6.11. The number of aryl methyl sites for hydroxylation is 1. The van der Waals surface area contributed by atoms with Crippen molar-refractivity contribution >= 4 is 17.0 Å². The van der Waals surface area contributed by atoms with Crippen LogP contribution in [-0.4, -0.2) is 20.6 Å². The maximum atomic E-state index is 12.2. The van der Waals surface area contributed by atoms with E-state index in [4.69, 9.17) is 8.94 Å². The number of carbonyl (C=O) groups excluding carboxylic acids is 1. The van der Waals surface area contributed by atoms with Gasteiger partial charge in [-0.3, -0.25) is 9.36 Å². The number of benzene rings is 2. The van der Waals surface area contributed by atoms with Crippen LogP contribution in [0.4, 0.5) is 0 Å². The van der Waals surface area contributed by atoms with Gasteiger partial charge in [-0.15, -0.1) is 0 Å². The van der Waals surface area contributed by atoms with E-state index in [1.54, 1.807) is 24.3 Å². The minimum Gasteiger partial charge on any atom is -0.408 e. The number of amides is 1. The molecule has 27 heavy (non-hydrogen) atoms. The molecule has 2 aromatic carbocycles. The highest BCUT2D eigenvalue weighted by Gasteiger charge is 2.17. The second-order valence-corrected chi connectivity index (χ2v) is 6.11. The van der Waals surface area contributed by atoms with Crippen molar-refractivity contribution in [3.8, 4) is 0 Å². The van der Waals surface area contributed by atoms with Gasteiger partial charge in [0.05, 0.1) is 12.1 Å². The predicted octanol–water partition coefficient (Wildman–Crippen LogP) is 2.26. The Balaban J connectivity index is 1.46. The van der Waals surface area contributed by atoms with E-state index in [1.165, 1.54) is 4.57 Å². The van der Waals surface area contributed by atoms with Crippen LogP contribution in [-0.2, 0) is 13.1 Å². The number of hydrogen-bond donors (Lipinski definition) is 1. The number of nitrogens with zero attached hydrogens (tertiary/aromatic N) is 3. The van der Waals surface area contributed by atoms with Gasteiger partial charge in [-0.2, -0.15) is 4.98 Å². The number of oxazole rings is 1. The summed E-state index contributed by atoms with van der Waals surface area (Å²) in [4.78, 5) is 28.3. The van der Waals surface area contributed by atoms with Crippen molar-refractivity contribution in [1.82, 2.24) is 20.0 Å². The number of fused-ring (bicyclic) bond motifs is 1. The lowest BCUT2D eigenvalue weighted by Gasteiger charge is -2.02. The molecule has 1 N–H and O–H groups in total. The molecule has 0 aliphatic carbocycles. The Morgan fingerprint density at radius 2 is 1.93 bits per heavy atom. The van der Waals surface area contributed by atoms with Crippen LogP contribution in [0.3, 0.4) is 0 Å². The van der Waals surface area contributed by atoms with Gasteiger partial charge in [-0.1, -0.05) is 47.1 Å². The first kappa shape index (κ1) is 16.8. The molecular weight excluding hydrogens is 348 g/mol. The second kappa shape index (κ2) is 6.91. The van der Waals surface area contributed by atoms with Crippen molar-refractivity contribution in [1.29, 1.82) is 0 Å². The highest BCUT2D eigenvalue weighted by molar-refractivity contribution is 5.89. The number of aromatic nitrogens is 3. The first-order chi connectivity index (χ1) is 13.1. The number of nitrogens with one attached hydrogen (secondary N) is 1. The Kier molecular flexibility index (Phi) is 4.29. The summed E-state index contributed by atoms with van der Waals surface area (Å²) in [6.07, 6.45) is 0. The minimum absolute atomic E-state index is 0.0462. The minimum atomic E-state index is -0.522. The highest BCUT2D eigenvalue weighted by Crippen LogP contribution is 2.13. The quantitative estimate of drug-likeness (QED) is 0.583. The summed E-state index contributed by atoms with van der Waals surface area (Å²) in [6, 6.07) is 14.9. The summed E-state index contributed by atoms with van der Waals surface area (Å²) in [5.41, 5.74) is 3.21. The van der Waals surface area contributed by atoms with E-state index in [1.807, 2.05) is 31.2 Å². The van der Waals surface area contributed by atoms with Crippen molar-refractivity contribution in [2.24, 2.45) is 0 Å². The lowest BCUT2D eigenvalue weighted by Crippen LogP contribution is -2.23. The van der Waals surface area contributed by atoms with Gasteiger partial charge in [0.25, 0.3) is 0 Å². The molecule has 0 saturated carbocycles. The zero-order chi connectivity index (χ0) is 18.8. The van der Waals surface area contributed by atoms with Crippen LogP contribution in [0.25, 0.3) is 11.1 Å². The molecule has 0 fully saturated rings. The van der Waals surface area contributed by atoms with E-state index in [-0.39, 0.29) is 18.3 Å². The molecule has 0 radical (unpaired) electrons. The molecule has 8 heteroatoms. The average molecular weight is 364 g/mol. The number of hydrogen-bond acceptors (Lipinski definition) is 6. The van der Waals surface area contributed by atoms with Crippen LogP contribution in [0.2, 0.25) is 0 Å². The Hall–Kier alpha value is -3.68. The van der Waals surface area contributed by atoms with Crippen molar-refractivity contribution < 1.29 is 13.7 Å². The Morgan fingerprint density at radius 3 is 2.74 bits per heavy atom. The monoisotopic (exact) mass is 364 g/mol. The molecule has 136 valence electrons. The maximum Gasteiger partial charge on any atom is 0.420 e. The highest BCUT2D eigenvalue weighted by atomic mass is 16.5. The first-order valence-electron chi connectivity index (χ1n) is 8.35. The molecule has 0 atom stereocenters. The number of carbonyl (C=O) groups is 1. The van der Waals surface area contributed by atoms with E-state index >= 15 is 0 Å². The van der Waals surface area contributed by atoms with E-state index in [0.29, 0.717) is 17.6 Å². The lowest BCUT2D eigenvalue weighted by atomic mass is 10.1. The van der Waals surface area contributed by atoms with Gasteiger partial charge in [0.2, 0.25) is 0 Å². The number of rotatable bonds is 5. The van der Waals surface area contributed by atoms with Gasteiger partial charge in [0, 0.05) is 6.54 Å². The molecule has 4 rings (SSSR count). The fourth-order valence-corrected chi connectivity index (χ4v) is 2.68. The van der Waals surface area contributed by atoms with Gasteiger partial charge < -0.3 is 14.3 Å². The fraction of sp³-hybridized carbons (Fsp3) is 0.158. The fourth-order valence-electron chi connectivity index (χ4n) is 2.68. The zero-order valence-corrected chi connectivity index (χ0v) is 14.5. The summed E-state index contributed by atoms with van der Waals surface area (Å²) >= 11 is 0. The lowest BCUT2D eigenvalue weighted by molar-refractivity contribution is 0.0907. The molecule has 0 saturated heterocycles. The third-order valence-corrected chi connectivity index (χ3v) is 4.11. The van der Waals surface area contributed by atoms with E-state index in [9.17, 15) is 9.59 Å². The van der Waals surface area contributed by atoms with E-state index in [2.05, 4.69) is 15.5 Å². The van der Waals surface area contributed by atoms with Gasteiger partial charge in [0.15, 0.2) is 11.4 Å².